The summed E-state index contributed by atoms with van der Waals surface area (Å²) in [5.74, 6) is 1.01. The van der Waals surface area contributed by atoms with Crippen LogP contribution in [0.25, 0.3) is 0 Å². The topological polar surface area (TPSA) is 152 Å². The standard InChI is InChI=1S/C30H46N8O3S/c1-3-4-17-32-30-33-21-26(29(37-30)36-23-8-6-5-7-9-23)28(31)22-10-12-25(13-11-22)42(40,41)34-18-14-27(39)35-24-15-19-38(2)20-16-24/h10-13,21,23-24,31,34H,3-9,14-20H2,1-2H3,(H,35,39)(H2,32,33,36,37). The first-order valence-electron chi connectivity index (χ1n) is 15.3. The molecule has 0 atom stereocenters. The Morgan fingerprint density at radius 2 is 1.74 bits per heavy atom. The summed E-state index contributed by atoms with van der Waals surface area (Å²) in [5, 5.41) is 18.7. The predicted molar refractivity (Wildman–Crippen MR) is 167 cm³/mol. The monoisotopic (exact) mass is 598 g/mol. The Labute approximate surface area is 250 Å². The molecule has 2 fully saturated rings. The number of unbranched alkanes of at least 4 members (excludes halogenated alkanes) is 1. The zero-order chi connectivity index (χ0) is 30.0. The van der Waals surface area contributed by atoms with E-state index in [0.29, 0.717) is 28.9 Å². The summed E-state index contributed by atoms with van der Waals surface area (Å²) < 4.78 is 28.3. The van der Waals surface area contributed by atoms with Gasteiger partial charge in [0.1, 0.15) is 5.82 Å². The summed E-state index contributed by atoms with van der Waals surface area (Å²) in [6.45, 7) is 4.82. The molecule has 11 nitrogen and oxygen atoms in total. The zero-order valence-electron chi connectivity index (χ0n) is 24.9. The molecular weight excluding hydrogens is 552 g/mol. The van der Waals surface area contributed by atoms with Gasteiger partial charge in [-0.15, -0.1) is 0 Å². The number of piperidine rings is 1. The lowest BCUT2D eigenvalue weighted by Crippen LogP contribution is -2.44. The van der Waals surface area contributed by atoms with Crippen LogP contribution in [0.15, 0.2) is 35.4 Å². The van der Waals surface area contributed by atoms with Gasteiger partial charge >= 0.3 is 0 Å². The summed E-state index contributed by atoms with van der Waals surface area (Å²) in [7, 11) is -1.74. The summed E-state index contributed by atoms with van der Waals surface area (Å²) >= 11 is 0. The number of hydrogen-bond acceptors (Lipinski definition) is 9. The highest BCUT2D eigenvalue weighted by atomic mass is 32.2. The van der Waals surface area contributed by atoms with Crippen molar-refractivity contribution in [2.24, 2.45) is 0 Å². The van der Waals surface area contributed by atoms with Gasteiger partial charge in [0, 0.05) is 43.4 Å². The molecule has 2 heterocycles. The molecule has 12 heteroatoms. The molecule has 4 rings (SSSR count). The molecule has 1 aliphatic heterocycles. The summed E-state index contributed by atoms with van der Waals surface area (Å²) in [6.07, 6.45) is 11.3. The minimum Gasteiger partial charge on any atom is -0.367 e. The van der Waals surface area contributed by atoms with Gasteiger partial charge in [0.25, 0.3) is 0 Å². The molecule has 1 aromatic carbocycles. The number of nitrogens with one attached hydrogen (secondary N) is 5. The van der Waals surface area contributed by atoms with Gasteiger partial charge < -0.3 is 20.9 Å². The van der Waals surface area contributed by atoms with Crippen LogP contribution in [0.3, 0.4) is 0 Å². The van der Waals surface area contributed by atoms with Crippen LogP contribution in [-0.2, 0) is 14.8 Å². The first kappa shape index (κ1) is 31.8. The molecule has 1 aromatic heterocycles. The molecule has 230 valence electrons. The average Bonchev–Trinajstić information content (AvgIpc) is 2.99. The van der Waals surface area contributed by atoms with Crippen LogP contribution in [0, 0.1) is 5.41 Å². The van der Waals surface area contributed by atoms with Gasteiger partial charge in [-0.3, -0.25) is 10.2 Å². The van der Waals surface area contributed by atoms with Gasteiger partial charge in [0.15, 0.2) is 0 Å². The molecule has 0 bridgehead atoms. The molecule has 42 heavy (non-hydrogen) atoms. The number of benzene rings is 1. The van der Waals surface area contributed by atoms with Crippen molar-refractivity contribution in [2.75, 3.05) is 43.9 Å². The zero-order valence-corrected chi connectivity index (χ0v) is 25.7. The van der Waals surface area contributed by atoms with Gasteiger partial charge in [-0.2, -0.15) is 4.98 Å². The van der Waals surface area contributed by atoms with E-state index in [1.807, 2.05) is 0 Å². The van der Waals surface area contributed by atoms with Crippen LogP contribution in [0.5, 0.6) is 0 Å². The molecule has 2 aliphatic rings. The Hall–Kier alpha value is -3.09. The molecular formula is C30H46N8O3S. The number of nitrogens with zero attached hydrogens (tertiary/aromatic N) is 3. The maximum absolute atomic E-state index is 12.9. The van der Waals surface area contributed by atoms with E-state index in [-0.39, 0.29) is 35.5 Å². The fourth-order valence-electron chi connectivity index (χ4n) is 5.37. The van der Waals surface area contributed by atoms with Crippen LogP contribution >= 0.6 is 0 Å². The van der Waals surface area contributed by atoms with Crippen molar-refractivity contribution >= 4 is 33.4 Å². The number of carbonyl (C=O) groups excluding carboxylic acids is 1. The highest BCUT2D eigenvalue weighted by Crippen LogP contribution is 2.25. The van der Waals surface area contributed by atoms with Crippen molar-refractivity contribution in [3.63, 3.8) is 0 Å². The molecule has 1 saturated carbocycles. The summed E-state index contributed by atoms with van der Waals surface area (Å²) in [5.41, 5.74) is 1.36. The number of sulfonamides is 1. The minimum absolute atomic E-state index is 0.0184. The molecule has 1 amide bonds. The van der Waals surface area contributed by atoms with Crippen molar-refractivity contribution < 1.29 is 13.2 Å². The second-order valence-electron chi connectivity index (χ2n) is 11.4. The van der Waals surface area contributed by atoms with Crippen molar-refractivity contribution in [1.82, 2.24) is 24.9 Å². The highest BCUT2D eigenvalue weighted by molar-refractivity contribution is 7.89. The average molecular weight is 599 g/mol. The number of rotatable bonds is 14. The predicted octanol–water partition coefficient (Wildman–Crippen LogP) is 3.73. The van der Waals surface area contributed by atoms with E-state index in [2.05, 4.69) is 44.5 Å². The minimum atomic E-state index is -3.80. The Balaban J connectivity index is 1.38. The van der Waals surface area contributed by atoms with Crippen LogP contribution < -0.4 is 20.7 Å². The summed E-state index contributed by atoms with van der Waals surface area (Å²) in [6, 6.07) is 6.67. The Kier molecular flexibility index (Phi) is 11.7. The van der Waals surface area contributed by atoms with E-state index in [0.717, 1.165) is 58.2 Å². The lowest BCUT2D eigenvalue weighted by Gasteiger charge is -2.29. The Bertz CT molecular complexity index is 1290. The van der Waals surface area contributed by atoms with Crippen LogP contribution in [0.1, 0.15) is 82.3 Å². The maximum Gasteiger partial charge on any atom is 0.240 e. The molecule has 5 N–H and O–H groups in total. The third-order valence-corrected chi connectivity index (χ3v) is 9.48. The number of amides is 1. The maximum atomic E-state index is 12.9. The van der Waals surface area contributed by atoms with E-state index in [9.17, 15) is 13.2 Å². The fraction of sp³-hybridized carbons (Fsp3) is 0.600. The molecule has 1 aliphatic carbocycles. The SMILES string of the molecule is CCCCNc1ncc(C(=N)c2ccc(S(=O)(=O)NCCC(=O)NC3CCN(C)CC3)cc2)c(NC2CCCCC2)n1. The summed E-state index contributed by atoms with van der Waals surface area (Å²) in [4.78, 5) is 23.8. The normalized spacial score (nSPS) is 17.1. The number of anilines is 2. The van der Waals surface area contributed by atoms with Crippen molar-refractivity contribution in [1.29, 1.82) is 5.41 Å². The number of carbonyl (C=O) groups is 1. The molecule has 2 aromatic rings. The van der Waals surface area contributed by atoms with E-state index in [1.54, 1.807) is 18.3 Å². The third kappa shape index (κ3) is 9.20. The smallest absolute Gasteiger partial charge is 0.240 e. The number of likely N-dealkylation sites (tertiary alicyclic amines) is 1. The lowest BCUT2D eigenvalue weighted by molar-refractivity contribution is -0.121. The van der Waals surface area contributed by atoms with Crippen LogP contribution in [0.2, 0.25) is 0 Å². The Morgan fingerprint density at radius 1 is 1.02 bits per heavy atom. The van der Waals surface area contributed by atoms with Crippen molar-refractivity contribution in [3.05, 3.63) is 41.6 Å². The van der Waals surface area contributed by atoms with Gasteiger partial charge in [-0.25, -0.2) is 18.1 Å². The lowest BCUT2D eigenvalue weighted by atomic mass is 9.95. The number of hydrogen-bond donors (Lipinski definition) is 5. The third-order valence-electron chi connectivity index (χ3n) is 8.00. The van der Waals surface area contributed by atoms with E-state index >= 15 is 0 Å². The second kappa shape index (κ2) is 15.4. The number of aromatic nitrogens is 2. The van der Waals surface area contributed by atoms with E-state index in [4.69, 9.17) is 10.4 Å². The van der Waals surface area contributed by atoms with Gasteiger partial charge in [0.05, 0.1) is 16.2 Å². The van der Waals surface area contributed by atoms with Crippen LogP contribution in [0.4, 0.5) is 11.8 Å². The van der Waals surface area contributed by atoms with Gasteiger partial charge in [-0.05, 0) is 64.4 Å². The Morgan fingerprint density at radius 3 is 2.43 bits per heavy atom. The first-order valence-corrected chi connectivity index (χ1v) is 16.8. The van der Waals surface area contributed by atoms with Crippen molar-refractivity contribution in [3.8, 4) is 0 Å². The van der Waals surface area contributed by atoms with Crippen LogP contribution in [-0.4, -0.2) is 80.2 Å². The highest BCUT2D eigenvalue weighted by Gasteiger charge is 2.21. The quantitative estimate of drug-likeness (QED) is 0.163. The molecule has 0 radical (unpaired) electrons. The first-order chi connectivity index (χ1) is 20.2. The van der Waals surface area contributed by atoms with Crippen molar-refractivity contribution in [2.45, 2.75) is 88.1 Å². The van der Waals surface area contributed by atoms with Gasteiger partial charge in [0.2, 0.25) is 21.9 Å². The largest absolute Gasteiger partial charge is 0.367 e. The molecule has 1 saturated heterocycles. The molecule has 0 spiro atoms. The van der Waals surface area contributed by atoms with Gasteiger partial charge in [-0.1, -0.05) is 44.7 Å². The molecule has 0 unspecified atom stereocenters. The fourth-order valence-corrected chi connectivity index (χ4v) is 6.40. The second-order valence-corrected chi connectivity index (χ2v) is 13.2. The van der Waals surface area contributed by atoms with E-state index in [1.165, 1.54) is 31.4 Å². The van der Waals surface area contributed by atoms with E-state index < -0.39 is 10.0 Å².